The molecule has 0 aliphatic heterocycles. The summed E-state index contributed by atoms with van der Waals surface area (Å²) in [7, 11) is 1.73. The van der Waals surface area contributed by atoms with Gasteiger partial charge in [-0.15, -0.1) is 6.58 Å². The number of ether oxygens (including phenoxy) is 1. The fourth-order valence-corrected chi connectivity index (χ4v) is 2.86. The minimum Gasteiger partial charge on any atom is -0.380 e. The molecule has 1 saturated carbocycles. The van der Waals surface area contributed by atoms with E-state index in [9.17, 15) is 0 Å². The number of hydrogen-bond donors (Lipinski definition) is 0. The quantitative estimate of drug-likeness (QED) is 0.705. The Balaban J connectivity index is 1.92. The van der Waals surface area contributed by atoms with Crippen molar-refractivity contribution < 1.29 is 4.74 Å². The third-order valence-corrected chi connectivity index (χ3v) is 4.08. The highest BCUT2D eigenvalue weighted by atomic mass is 16.5. The molecule has 1 aliphatic rings. The average molecular weight is 264 g/mol. The summed E-state index contributed by atoms with van der Waals surface area (Å²) in [6, 6.07) is 17.4. The molecule has 0 heterocycles. The molecule has 0 amide bonds. The molecule has 102 valence electrons. The van der Waals surface area contributed by atoms with Crippen LogP contribution in [0.15, 0.2) is 61.2 Å². The summed E-state index contributed by atoms with van der Waals surface area (Å²) < 4.78 is 5.16. The SMILES string of the molecule is C=CC1CC1c1ccccc1-c1ccc(COC)cc1. The predicted molar refractivity (Wildman–Crippen MR) is 83.6 cm³/mol. The number of benzene rings is 2. The van der Waals surface area contributed by atoms with Gasteiger partial charge in [-0.2, -0.15) is 0 Å². The Labute approximate surface area is 120 Å². The summed E-state index contributed by atoms with van der Waals surface area (Å²) >= 11 is 0. The van der Waals surface area contributed by atoms with Gasteiger partial charge >= 0.3 is 0 Å². The number of rotatable bonds is 5. The van der Waals surface area contributed by atoms with E-state index in [2.05, 4.69) is 61.2 Å². The molecule has 2 aromatic carbocycles. The van der Waals surface area contributed by atoms with E-state index in [1.807, 2.05) is 0 Å². The van der Waals surface area contributed by atoms with Crippen molar-refractivity contribution in [2.75, 3.05) is 7.11 Å². The maximum Gasteiger partial charge on any atom is 0.0713 e. The molecule has 0 spiro atoms. The van der Waals surface area contributed by atoms with Gasteiger partial charge in [0, 0.05) is 7.11 Å². The first-order valence-electron chi connectivity index (χ1n) is 7.13. The molecule has 1 heteroatoms. The summed E-state index contributed by atoms with van der Waals surface area (Å²) in [6.45, 7) is 4.59. The van der Waals surface area contributed by atoms with Gasteiger partial charge in [0.25, 0.3) is 0 Å². The standard InChI is InChI=1S/C19H20O/c1-3-15-12-19(15)18-7-5-4-6-17(18)16-10-8-14(9-11-16)13-20-2/h3-11,15,19H,1,12-13H2,2H3. The molecule has 3 rings (SSSR count). The van der Waals surface area contributed by atoms with Crippen molar-refractivity contribution in [2.24, 2.45) is 5.92 Å². The van der Waals surface area contributed by atoms with Crippen molar-refractivity contribution in [3.63, 3.8) is 0 Å². The second-order valence-electron chi connectivity index (χ2n) is 5.46. The molecule has 2 aromatic rings. The molecule has 0 radical (unpaired) electrons. The molecule has 2 atom stereocenters. The Morgan fingerprint density at radius 3 is 2.55 bits per heavy atom. The van der Waals surface area contributed by atoms with Crippen LogP contribution >= 0.6 is 0 Å². The summed E-state index contributed by atoms with van der Waals surface area (Å²) in [4.78, 5) is 0. The van der Waals surface area contributed by atoms with E-state index >= 15 is 0 Å². The summed E-state index contributed by atoms with van der Waals surface area (Å²) in [5.74, 6) is 1.31. The van der Waals surface area contributed by atoms with E-state index < -0.39 is 0 Å². The van der Waals surface area contributed by atoms with Crippen LogP contribution in [0.2, 0.25) is 0 Å². The lowest BCUT2D eigenvalue weighted by atomic mass is 9.95. The Kier molecular flexibility index (Phi) is 3.70. The minimum atomic E-state index is 0.655. The number of methoxy groups -OCH3 is 1. The highest BCUT2D eigenvalue weighted by molar-refractivity contribution is 5.69. The second kappa shape index (κ2) is 5.64. The monoisotopic (exact) mass is 264 g/mol. The zero-order valence-corrected chi connectivity index (χ0v) is 11.9. The zero-order chi connectivity index (χ0) is 13.9. The Bertz CT molecular complexity index is 597. The van der Waals surface area contributed by atoms with Crippen molar-refractivity contribution >= 4 is 0 Å². The van der Waals surface area contributed by atoms with E-state index in [4.69, 9.17) is 4.74 Å². The first-order chi connectivity index (χ1) is 9.83. The van der Waals surface area contributed by atoms with E-state index in [0.29, 0.717) is 18.4 Å². The van der Waals surface area contributed by atoms with E-state index in [-0.39, 0.29) is 0 Å². The second-order valence-corrected chi connectivity index (χ2v) is 5.46. The molecule has 0 bridgehead atoms. The maximum absolute atomic E-state index is 5.16. The maximum atomic E-state index is 5.16. The van der Waals surface area contributed by atoms with Crippen molar-refractivity contribution in [2.45, 2.75) is 18.9 Å². The molecule has 1 nitrogen and oxygen atoms in total. The van der Waals surface area contributed by atoms with Gasteiger partial charge in [0.15, 0.2) is 0 Å². The lowest BCUT2D eigenvalue weighted by Crippen LogP contribution is -1.90. The lowest BCUT2D eigenvalue weighted by Gasteiger charge is -2.10. The van der Waals surface area contributed by atoms with Crippen LogP contribution < -0.4 is 0 Å². The molecule has 1 fully saturated rings. The van der Waals surface area contributed by atoms with Crippen LogP contribution in [0.1, 0.15) is 23.5 Å². The summed E-state index contributed by atoms with van der Waals surface area (Å²) in [5.41, 5.74) is 5.31. The minimum absolute atomic E-state index is 0.655. The first kappa shape index (κ1) is 13.1. The van der Waals surface area contributed by atoms with Gasteiger partial charge in [-0.25, -0.2) is 0 Å². The number of hydrogen-bond acceptors (Lipinski definition) is 1. The van der Waals surface area contributed by atoms with Gasteiger partial charge < -0.3 is 4.74 Å². The van der Waals surface area contributed by atoms with Gasteiger partial charge in [-0.1, -0.05) is 54.6 Å². The van der Waals surface area contributed by atoms with Crippen LogP contribution in [-0.4, -0.2) is 7.11 Å². The van der Waals surface area contributed by atoms with Crippen LogP contribution in [0, 0.1) is 5.92 Å². The molecule has 0 N–H and O–H groups in total. The van der Waals surface area contributed by atoms with E-state index in [1.54, 1.807) is 7.11 Å². The van der Waals surface area contributed by atoms with Gasteiger partial charge in [-0.05, 0) is 40.5 Å². The highest BCUT2D eigenvalue weighted by Crippen LogP contribution is 2.50. The third-order valence-electron chi connectivity index (χ3n) is 4.08. The lowest BCUT2D eigenvalue weighted by molar-refractivity contribution is 0.185. The molecule has 20 heavy (non-hydrogen) atoms. The van der Waals surface area contributed by atoms with Crippen molar-refractivity contribution in [1.82, 2.24) is 0 Å². The molecule has 1 aliphatic carbocycles. The topological polar surface area (TPSA) is 9.23 Å². The van der Waals surface area contributed by atoms with Gasteiger partial charge in [0.1, 0.15) is 0 Å². The van der Waals surface area contributed by atoms with Crippen molar-refractivity contribution in [3.8, 4) is 11.1 Å². The summed E-state index contributed by atoms with van der Waals surface area (Å²) in [5, 5.41) is 0. The number of allylic oxidation sites excluding steroid dienone is 1. The van der Waals surface area contributed by atoms with Crippen LogP contribution in [0.25, 0.3) is 11.1 Å². The molecule has 0 saturated heterocycles. The zero-order valence-electron chi connectivity index (χ0n) is 11.9. The third kappa shape index (κ3) is 2.54. The summed E-state index contributed by atoms with van der Waals surface area (Å²) in [6.07, 6.45) is 3.32. The predicted octanol–water partition coefficient (Wildman–Crippen LogP) is 4.79. The van der Waals surface area contributed by atoms with Crippen LogP contribution in [0.4, 0.5) is 0 Å². The Hall–Kier alpha value is -1.86. The van der Waals surface area contributed by atoms with E-state index in [1.165, 1.54) is 28.7 Å². The van der Waals surface area contributed by atoms with Gasteiger partial charge in [-0.3, -0.25) is 0 Å². The molecule has 0 aromatic heterocycles. The highest BCUT2D eigenvalue weighted by Gasteiger charge is 2.36. The van der Waals surface area contributed by atoms with Gasteiger partial charge in [0.05, 0.1) is 6.61 Å². The fourth-order valence-electron chi connectivity index (χ4n) is 2.86. The van der Waals surface area contributed by atoms with Crippen molar-refractivity contribution in [3.05, 3.63) is 72.3 Å². The van der Waals surface area contributed by atoms with Crippen molar-refractivity contribution in [1.29, 1.82) is 0 Å². The largest absolute Gasteiger partial charge is 0.380 e. The average Bonchev–Trinajstić information content (AvgIpc) is 3.28. The molecule has 2 unspecified atom stereocenters. The Morgan fingerprint density at radius 2 is 1.90 bits per heavy atom. The van der Waals surface area contributed by atoms with Crippen LogP contribution in [0.3, 0.4) is 0 Å². The van der Waals surface area contributed by atoms with E-state index in [0.717, 1.165) is 0 Å². The fraction of sp³-hybridized carbons (Fsp3) is 0.263. The van der Waals surface area contributed by atoms with Gasteiger partial charge in [0.2, 0.25) is 0 Å². The molecular formula is C19H20O. The smallest absolute Gasteiger partial charge is 0.0713 e. The Morgan fingerprint density at radius 1 is 1.15 bits per heavy atom. The van der Waals surface area contributed by atoms with Crippen LogP contribution in [0.5, 0.6) is 0 Å². The molecular weight excluding hydrogens is 244 g/mol. The normalized spacial score (nSPS) is 20.6. The first-order valence-corrected chi connectivity index (χ1v) is 7.13. The van der Waals surface area contributed by atoms with Crippen LogP contribution in [-0.2, 0) is 11.3 Å².